The quantitative estimate of drug-likeness (QED) is 0.535. The van der Waals surface area contributed by atoms with E-state index in [1.807, 2.05) is 42.5 Å². The zero-order valence-corrected chi connectivity index (χ0v) is 19.0. The van der Waals surface area contributed by atoms with Gasteiger partial charge in [-0.3, -0.25) is 14.7 Å². The second-order valence-electron chi connectivity index (χ2n) is 8.73. The van der Waals surface area contributed by atoms with Crippen molar-refractivity contribution in [3.05, 3.63) is 66.5 Å². The third kappa shape index (κ3) is 3.52. The predicted octanol–water partition coefficient (Wildman–Crippen LogP) is 3.55. The van der Waals surface area contributed by atoms with Crippen LogP contribution < -0.4 is 15.5 Å². The molecule has 1 fully saturated rings. The Morgan fingerprint density at radius 1 is 1.12 bits per heavy atom. The molecular weight excluding hydrogens is 450 g/mol. The van der Waals surface area contributed by atoms with Crippen molar-refractivity contribution < 1.29 is 14.7 Å². The van der Waals surface area contributed by atoms with E-state index in [-0.39, 0.29) is 18.0 Å². The Labute approximate surface area is 200 Å². The number of benzene rings is 1. The third-order valence-corrected chi connectivity index (χ3v) is 7.93. The van der Waals surface area contributed by atoms with Gasteiger partial charge in [0, 0.05) is 23.5 Å². The van der Waals surface area contributed by atoms with Crippen LogP contribution in [-0.4, -0.2) is 44.4 Å². The van der Waals surface area contributed by atoms with Crippen LogP contribution in [0.1, 0.15) is 30.9 Å². The monoisotopic (exact) mass is 473 g/mol. The second kappa shape index (κ2) is 8.41. The first-order valence-corrected chi connectivity index (χ1v) is 12.2. The molecule has 3 aromatic rings. The molecule has 0 bridgehead atoms. The van der Waals surface area contributed by atoms with E-state index in [0.29, 0.717) is 17.8 Å². The number of anilines is 2. The molecule has 34 heavy (non-hydrogen) atoms. The molecule has 3 amide bonds. The van der Waals surface area contributed by atoms with Crippen LogP contribution in [0.4, 0.5) is 16.2 Å². The zero-order valence-electron chi connectivity index (χ0n) is 18.2. The van der Waals surface area contributed by atoms with Gasteiger partial charge in [0.15, 0.2) is 0 Å². The molecule has 3 aliphatic rings. The Morgan fingerprint density at radius 2 is 1.94 bits per heavy atom. The van der Waals surface area contributed by atoms with Gasteiger partial charge < -0.3 is 15.7 Å². The molecule has 2 aromatic heterocycles. The van der Waals surface area contributed by atoms with Crippen LogP contribution in [0, 0.1) is 0 Å². The maximum absolute atomic E-state index is 13.4. The average Bonchev–Trinajstić information content (AvgIpc) is 3.44. The number of nitrogens with one attached hydrogen (secondary N) is 2. The van der Waals surface area contributed by atoms with Crippen molar-refractivity contribution in [2.45, 2.75) is 47.7 Å². The Bertz CT molecular complexity index is 1270. The molecule has 4 atom stereocenters. The number of aliphatic hydroxyl groups excluding tert-OH is 1. The first-order chi connectivity index (χ1) is 16.6. The zero-order chi connectivity index (χ0) is 23.2. The van der Waals surface area contributed by atoms with Crippen LogP contribution in [0.5, 0.6) is 0 Å². The van der Waals surface area contributed by atoms with Crippen molar-refractivity contribution >= 4 is 35.1 Å². The highest BCUT2D eigenvalue weighted by molar-refractivity contribution is 8.01. The first kappa shape index (κ1) is 21.1. The lowest BCUT2D eigenvalue weighted by atomic mass is 9.99. The molecule has 1 aromatic carbocycles. The lowest BCUT2D eigenvalue weighted by Crippen LogP contribution is -2.51. The van der Waals surface area contributed by atoms with Gasteiger partial charge in [0.05, 0.1) is 35.3 Å². The van der Waals surface area contributed by atoms with Gasteiger partial charge >= 0.3 is 6.03 Å². The van der Waals surface area contributed by atoms with Gasteiger partial charge in [-0.2, -0.15) is 0 Å². The number of amides is 3. The maximum atomic E-state index is 13.4. The van der Waals surface area contributed by atoms with Crippen molar-refractivity contribution in [1.82, 2.24) is 20.6 Å². The summed E-state index contributed by atoms with van der Waals surface area (Å²) in [7, 11) is 0. The fourth-order valence-electron chi connectivity index (χ4n) is 4.98. The molecule has 4 heterocycles. The lowest BCUT2D eigenvalue weighted by Gasteiger charge is -2.34. The van der Waals surface area contributed by atoms with Gasteiger partial charge in [0.2, 0.25) is 5.91 Å². The van der Waals surface area contributed by atoms with Gasteiger partial charge in [-0.1, -0.05) is 42.1 Å². The second-order valence-corrected chi connectivity index (χ2v) is 9.86. The SMILES string of the molecule is O=C(N[C@@H]1CCC[C@H]1O)C1Sc2nccc3c2C1NC(=O)N3c1ccnc(-c2ccccc2)c1. The fraction of sp³-hybridized carbons (Fsp3) is 0.280. The van der Waals surface area contributed by atoms with E-state index in [9.17, 15) is 14.7 Å². The van der Waals surface area contributed by atoms with Crippen LogP contribution in [0.3, 0.4) is 0 Å². The van der Waals surface area contributed by atoms with E-state index >= 15 is 0 Å². The average molecular weight is 474 g/mol. The van der Waals surface area contributed by atoms with Crippen molar-refractivity contribution in [1.29, 1.82) is 0 Å². The topological polar surface area (TPSA) is 107 Å². The molecule has 172 valence electrons. The standard InChI is InChI=1S/C25H23N5O3S/c31-19-8-4-7-16(19)28-23(32)22-21-20-18(10-12-27-24(20)34-22)30(25(33)29-21)15-9-11-26-17(13-15)14-5-2-1-3-6-14/h1-3,5-6,9-13,16,19,21-22,31H,4,7-8H2,(H,28,32)(H,29,33)/t16-,19-,21?,22?/m1/s1. The first-order valence-electron chi connectivity index (χ1n) is 11.4. The molecule has 3 N–H and O–H groups in total. The largest absolute Gasteiger partial charge is 0.391 e. The number of aliphatic hydroxyl groups is 1. The molecule has 0 saturated heterocycles. The maximum Gasteiger partial charge on any atom is 0.327 e. The number of rotatable bonds is 4. The number of pyridine rings is 2. The Kier molecular flexibility index (Phi) is 5.23. The Hall–Kier alpha value is -3.43. The molecule has 0 radical (unpaired) electrons. The van der Waals surface area contributed by atoms with Gasteiger partial charge in [-0.15, -0.1) is 0 Å². The van der Waals surface area contributed by atoms with Gasteiger partial charge in [0.1, 0.15) is 10.3 Å². The van der Waals surface area contributed by atoms with Gasteiger partial charge in [0.25, 0.3) is 0 Å². The highest BCUT2D eigenvalue weighted by atomic mass is 32.2. The molecular formula is C25H23N5O3S. The summed E-state index contributed by atoms with van der Waals surface area (Å²) in [4.78, 5) is 37.1. The van der Waals surface area contributed by atoms with Crippen LogP contribution in [0.2, 0.25) is 0 Å². The Morgan fingerprint density at radius 3 is 2.74 bits per heavy atom. The summed E-state index contributed by atoms with van der Waals surface area (Å²) in [6.07, 6.45) is 5.19. The van der Waals surface area contributed by atoms with E-state index in [1.165, 1.54) is 11.8 Å². The summed E-state index contributed by atoms with van der Waals surface area (Å²) in [6, 6.07) is 14.3. The summed E-state index contributed by atoms with van der Waals surface area (Å²) >= 11 is 1.36. The number of carbonyl (C=O) groups excluding carboxylic acids is 2. The molecule has 1 saturated carbocycles. The van der Waals surface area contributed by atoms with Crippen LogP contribution in [0.15, 0.2) is 66.0 Å². The summed E-state index contributed by atoms with van der Waals surface area (Å²) < 4.78 is 0. The number of nitrogens with zero attached hydrogens (tertiary/aromatic N) is 3. The van der Waals surface area contributed by atoms with Crippen LogP contribution >= 0.6 is 11.8 Å². The van der Waals surface area contributed by atoms with E-state index in [2.05, 4.69) is 20.6 Å². The summed E-state index contributed by atoms with van der Waals surface area (Å²) in [5, 5.41) is 16.3. The molecule has 2 aliphatic heterocycles. The third-order valence-electron chi connectivity index (χ3n) is 6.64. The summed E-state index contributed by atoms with van der Waals surface area (Å²) in [5.74, 6) is -0.186. The minimum atomic E-state index is -0.542. The number of hydrogen-bond acceptors (Lipinski definition) is 6. The molecule has 9 heteroatoms. The highest BCUT2D eigenvalue weighted by Gasteiger charge is 2.47. The minimum absolute atomic E-state index is 0.186. The molecule has 6 rings (SSSR count). The number of carbonyl (C=O) groups is 2. The van der Waals surface area contributed by atoms with Crippen LogP contribution in [-0.2, 0) is 4.79 Å². The minimum Gasteiger partial charge on any atom is -0.391 e. The predicted molar refractivity (Wildman–Crippen MR) is 129 cm³/mol. The molecule has 0 spiro atoms. The van der Waals surface area contributed by atoms with Crippen molar-refractivity contribution in [2.24, 2.45) is 0 Å². The fourth-order valence-corrected chi connectivity index (χ4v) is 6.22. The van der Waals surface area contributed by atoms with E-state index < -0.39 is 17.4 Å². The smallest absolute Gasteiger partial charge is 0.327 e. The van der Waals surface area contributed by atoms with Crippen LogP contribution in [0.25, 0.3) is 11.3 Å². The summed E-state index contributed by atoms with van der Waals surface area (Å²) in [6.45, 7) is 0. The van der Waals surface area contributed by atoms with Gasteiger partial charge in [-0.05, 0) is 37.5 Å². The highest BCUT2D eigenvalue weighted by Crippen LogP contribution is 2.50. The van der Waals surface area contributed by atoms with E-state index in [4.69, 9.17) is 0 Å². The van der Waals surface area contributed by atoms with Crippen molar-refractivity contribution in [3.63, 3.8) is 0 Å². The normalized spacial score (nSPS) is 25.1. The number of urea groups is 1. The Balaban J connectivity index is 1.33. The van der Waals surface area contributed by atoms with Gasteiger partial charge in [-0.25, -0.2) is 9.78 Å². The molecule has 1 aliphatic carbocycles. The van der Waals surface area contributed by atoms with Crippen molar-refractivity contribution in [3.8, 4) is 11.3 Å². The molecule has 2 unspecified atom stereocenters. The number of aromatic nitrogens is 2. The van der Waals surface area contributed by atoms with Crippen molar-refractivity contribution in [2.75, 3.05) is 4.90 Å². The molecule has 8 nitrogen and oxygen atoms in total. The number of thioether (sulfide) groups is 1. The summed E-state index contributed by atoms with van der Waals surface area (Å²) in [5.41, 5.74) is 3.97. The van der Waals surface area contributed by atoms with E-state index in [0.717, 1.165) is 34.7 Å². The van der Waals surface area contributed by atoms with E-state index in [1.54, 1.807) is 23.4 Å². The lowest BCUT2D eigenvalue weighted by molar-refractivity contribution is -0.122. The number of hydrogen-bond donors (Lipinski definition) is 3.